The zero-order valence-corrected chi connectivity index (χ0v) is 20.0. The van der Waals surface area contributed by atoms with Gasteiger partial charge in [-0.1, -0.05) is 31.9 Å². The number of unbranched alkanes of at least 4 members (excludes halogenated alkanes) is 2. The fourth-order valence-electron chi connectivity index (χ4n) is 3.68. The van der Waals surface area contributed by atoms with E-state index in [9.17, 15) is 19.2 Å². The molecule has 0 unspecified atom stereocenters. The third-order valence-electron chi connectivity index (χ3n) is 5.58. The lowest BCUT2D eigenvalue weighted by atomic mass is 10.1. The molecule has 35 heavy (non-hydrogen) atoms. The fourth-order valence-corrected chi connectivity index (χ4v) is 3.68. The number of anilines is 2. The van der Waals surface area contributed by atoms with E-state index in [-0.39, 0.29) is 18.9 Å². The Morgan fingerprint density at radius 2 is 1.77 bits per heavy atom. The van der Waals surface area contributed by atoms with Gasteiger partial charge in [-0.15, -0.1) is 0 Å². The first-order valence-corrected chi connectivity index (χ1v) is 11.6. The number of carbonyl (C=O) groups is 4. The van der Waals surface area contributed by atoms with Gasteiger partial charge >= 0.3 is 11.9 Å². The minimum atomic E-state index is -0.690. The normalized spacial score (nSPS) is 15.0. The van der Waals surface area contributed by atoms with E-state index in [1.807, 2.05) is 0 Å². The van der Waals surface area contributed by atoms with Crippen molar-refractivity contribution in [2.24, 2.45) is 5.92 Å². The van der Waals surface area contributed by atoms with Crippen LogP contribution in [0, 0.1) is 5.92 Å². The first kappa shape index (κ1) is 25.7. The molecule has 1 aliphatic rings. The van der Waals surface area contributed by atoms with Gasteiger partial charge in [0.05, 0.1) is 30.9 Å². The van der Waals surface area contributed by atoms with Crippen molar-refractivity contribution < 1.29 is 33.4 Å². The summed E-state index contributed by atoms with van der Waals surface area (Å²) in [5.74, 6) is -1.98. The van der Waals surface area contributed by atoms with Crippen LogP contribution in [-0.4, -0.2) is 50.6 Å². The average molecular weight is 483 g/mol. The van der Waals surface area contributed by atoms with Gasteiger partial charge in [0.15, 0.2) is 6.61 Å². The predicted octanol–water partition coefficient (Wildman–Crippen LogP) is 3.58. The summed E-state index contributed by atoms with van der Waals surface area (Å²) in [6.07, 6.45) is 2.84. The SMILES string of the molecule is CCCCCOC(=O)c1ccc(N2C[C@@H](C(=O)OCC(=O)Nc3ccccc3OC)CC2=O)cc1. The molecule has 9 heteroatoms. The number of methoxy groups -OCH3 is 1. The van der Waals surface area contributed by atoms with Crippen LogP contribution in [0.2, 0.25) is 0 Å². The lowest BCUT2D eigenvalue weighted by Gasteiger charge is -2.17. The lowest BCUT2D eigenvalue weighted by Crippen LogP contribution is -2.28. The highest BCUT2D eigenvalue weighted by molar-refractivity contribution is 6.00. The molecule has 2 amide bonds. The van der Waals surface area contributed by atoms with Crippen LogP contribution in [0.25, 0.3) is 0 Å². The highest BCUT2D eigenvalue weighted by Gasteiger charge is 2.36. The number of ether oxygens (including phenoxy) is 3. The zero-order valence-electron chi connectivity index (χ0n) is 20.0. The molecule has 2 aromatic rings. The largest absolute Gasteiger partial charge is 0.495 e. The summed E-state index contributed by atoms with van der Waals surface area (Å²) in [4.78, 5) is 50.7. The Morgan fingerprint density at radius 1 is 1.03 bits per heavy atom. The molecule has 1 aliphatic heterocycles. The molecule has 1 saturated heterocycles. The van der Waals surface area contributed by atoms with Crippen molar-refractivity contribution in [3.63, 3.8) is 0 Å². The number of hydrogen-bond acceptors (Lipinski definition) is 7. The summed E-state index contributed by atoms with van der Waals surface area (Å²) in [7, 11) is 1.49. The fraction of sp³-hybridized carbons (Fsp3) is 0.385. The highest BCUT2D eigenvalue weighted by Crippen LogP contribution is 2.27. The van der Waals surface area contributed by atoms with Gasteiger partial charge in [-0.2, -0.15) is 0 Å². The summed E-state index contributed by atoms with van der Waals surface area (Å²) < 4.78 is 15.6. The summed E-state index contributed by atoms with van der Waals surface area (Å²) in [6, 6.07) is 13.4. The van der Waals surface area contributed by atoms with Crippen molar-refractivity contribution in [2.75, 3.05) is 37.1 Å². The van der Waals surface area contributed by atoms with E-state index in [1.165, 1.54) is 12.0 Å². The number of nitrogens with one attached hydrogen (secondary N) is 1. The number of para-hydroxylation sites is 2. The van der Waals surface area contributed by atoms with Crippen molar-refractivity contribution in [3.05, 3.63) is 54.1 Å². The van der Waals surface area contributed by atoms with Gasteiger partial charge in [-0.05, 0) is 42.8 Å². The molecule has 0 radical (unpaired) electrons. The number of benzene rings is 2. The summed E-state index contributed by atoms with van der Waals surface area (Å²) in [5.41, 5.74) is 1.43. The molecule has 0 spiro atoms. The van der Waals surface area contributed by atoms with Crippen LogP contribution in [-0.2, 0) is 23.9 Å². The molecule has 1 atom stereocenters. The topological polar surface area (TPSA) is 111 Å². The van der Waals surface area contributed by atoms with Crippen LogP contribution in [0.3, 0.4) is 0 Å². The van der Waals surface area contributed by atoms with Crippen molar-refractivity contribution in [3.8, 4) is 5.75 Å². The molecule has 9 nitrogen and oxygen atoms in total. The molecule has 1 N–H and O–H groups in total. The number of hydrogen-bond donors (Lipinski definition) is 1. The van der Waals surface area contributed by atoms with Crippen LogP contribution >= 0.6 is 0 Å². The number of rotatable bonds is 11. The molecular formula is C26H30N2O7. The smallest absolute Gasteiger partial charge is 0.338 e. The van der Waals surface area contributed by atoms with E-state index in [0.29, 0.717) is 29.3 Å². The Morgan fingerprint density at radius 3 is 2.49 bits per heavy atom. The number of esters is 2. The van der Waals surface area contributed by atoms with E-state index < -0.39 is 30.4 Å². The molecule has 0 bridgehead atoms. The monoisotopic (exact) mass is 482 g/mol. The maximum atomic E-state index is 12.5. The van der Waals surface area contributed by atoms with E-state index in [0.717, 1.165) is 19.3 Å². The van der Waals surface area contributed by atoms with E-state index in [1.54, 1.807) is 48.5 Å². The van der Waals surface area contributed by atoms with Gasteiger partial charge in [0.2, 0.25) is 5.91 Å². The molecule has 0 aliphatic carbocycles. The minimum Gasteiger partial charge on any atom is -0.495 e. The third kappa shape index (κ3) is 7.05. The maximum absolute atomic E-state index is 12.5. The van der Waals surface area contributed by atoms with Crippen LogP contribution in [0.1, 0.15) is 43.0 Å². The van der Waals surface area contributed by atoms with Crippen LogP contribution in [0.4, 0.5) is 11.4 Å². The Labute approximate surface area is 204 Å². The molecule has 0 saturated carbocycles. The van der Waals surface area contributed by atoms with Gasteiger partial charge in [0, 0.05) is 18.7 Å². The molecule has 1 heterocycles. The average Bonchev–Trinajstić information content (AvgIpc) is 3.27. The summed E-state index contributed by atoms with van der Waals surface area (Å²) >= 11 is 0. The second-order valence-corrected chi connectivity index (χ2v) is 8.15. The Balaban J connectivity index is 1.49. The first-order valence-electron chi connectivity index (χ1n) is 11.6. The standard InChI is InChI=1S/C26H30N2O7/c1-3-4-7-14-34-25(31)18-10-12-20(13-11-18)28-16-19(15-24(28)30)26(32)35-17-23(29)27-21-8-5-6-9-22(21)33-2/h5-6,8-13,19H,3-4,7,14-17H2,1-2H3,(H,27,29)/t19-/m0/s1. The second-order valence-electron chi connectivity index (χ2n) is 8.15. The summed E-state index contributed by atoms with van der Waals surface area (Å²) in [6.45, 7) is 2.10. The van der Waals surface area contributed by atoms with E-state index >= 15 is 0 Å². The molecule has 2 aromatic carbocycles. The Bertz CT molecular complexity index is 1050. The Hall–Kier alpha value is -3.88. The second kappa shape index (κ2) is 12.5. The predicted molar refractivity (Wildman–Crippen MR) is 129 cm³/mol. The van der Waals surface area contributed by atoms with Gasteiger partial charge in [-0.25, -0.2) is 4.79 Å². The van der Waals surface area contributed by atoms with Crippen molar-refractivity contribution >= 4 is 35.1 Å². The molecule has 0 aromatic heterocycles. The molecule has 1 fully saturated rings. The van der Waals surface area contributed by atoms with Crippen LogP contribution < -0.4 is 15.0 Å². The van der Waals surface area contributed by atoms with Crippen molar-refractivity contribution in [2.45, 2.75) is 32.6 Å². The lowest BCUT2D eigenvalue weighted by molar-refractivity contribution is -0.151. The maximum Gasteiger partial charge on any atom is 0.338 e. The highest BCUT2D eigenvalue weighted by atomic mass is 16.5. The number of amides is 2. The Kier molecular flexibility index (Phi) is 9.23. The zero-order chi connectivity index (χ0) is 25.2. The summed E-state index contributed by atoms with van der Waals surface area (Å²) in [5, 5.41) is 2.63. The molecule has 3 rings (SSSR count). The number of carbonyl (C=O) groups excluding carboxylic acids is 4. The van der Waals surface area contributed by atoms with Gasteiger partial charge in [0.25, 0.3) is 5.91 Å². The van der Waals surface area contributed by atoms with Gasteiger partial charge in [-0.3, -0.25) is 14.4 Å². The minimum absolute atomic E-state index is 0.0197. The van der Waals surface area contributed by atoms with Gasteiger partial charge < -0.3 is 24.4 Å². The van der Waals surface area contributed by atoms with Gasteiger partial charge in [0.1, 0.15) is 5.75 Å². The first-order chi connectivity index (χ1) is 16.9. The van der Waals surface area contributed by atoms with Crippen molar-refractivity contribution in [1.82, 2.24) is 0 Å². The molecule has 186 valence electrons. The van der Waals surface area contributed by atoms with Crippen molar-refractivity contribution in [1.29, 1.82) is 0 Å². The van der Waals surface area contributed by atoms with E-state index in [4.69, 9.17) is 14.2 Å². The quantitative estimate of drug-likeness (QED) is 0.385. The van der Waals surface area contributed by atoms with Crippen LogP contribution in [0.5, 0.6) is 5.75 Å². The van der Waals surface area contributed by atoms with E-state index in [2.05, 4.69) is 12.2 Å². The molecular weight excluding hydrogens is 452 g/mol. The van der Waals surface area contributed by atoms with Crippen LogP contribution in [0.15, 0.2) is 48.5 Å². The number of nitrogens with zero attached hydrogens (tertiary/aromatic N) is 1. The third-order valence-corrected chi connectivity index (χ3v) is 5.58.